The van der Waals surface area contributed by atoms with Crippen LogP contribution in [0.4, 0.5) is 8.78 Å². The first-order valence-electron chi connectivity index (χ1n) is 4.60. The number of hydrogen-bond acceptors (Lipinski definition) is 3. The maximum absolute atomic E-state index is 12.8. The van der Waals surface area contributed by atoms with Gasteiger partial charge in [0.15, 0.2) is 11.6 Å². The van der Waals surface area contributed by atoms with Gasteiger partial charge in [-0.2, -0.15) is 0 Å². The number of ether oxygens (including phenoxy) is 1. The first kappa shape index (κ1) is 12.2. The number of benzene rings is 1. The highest BCUT2D eigenvalue weighted by molar-refractivity contribution is 5.81. The van der Waals surface area contributed by atoms with Crippen molar-refractivity contribution in [1.82, 2.24) is 0 Å². The smallest absolute Gasteiger partial charge is 0.162 e. The molecule has 0 saturated carbocycles. The Morgan fingerprint density at radius 3 is 2.75 bits per heavy atom. The Morgan fingerprint density at radius 2 is 2.19 bits per heavy atom. The van der Waals surface area contributed by atoms with Crippen LogP contribution in [0.15, 0.2) is 23.4 Å². The van der Waals surface area contributed by atoms with Crippen LogP contribution in [0.5, 0.6) is 5.75 Å². The Balaban J connectivity index is 2.58. The lowest BCUT2D eigenvalue weighted by Crippen LogP contribution is -2.26. The van der Waals surface area contributed by atoms with Crippen LogP contribution in [0, 0.1) is 17.6 Å². The molecule has 88 valence electrons. The van der Waals surface area contributed by atoms with Crippen LogP contribution in [0.3, 0.4) is 0 Å². The van der Waals surface area contributed by atoms with Crippen molar-refractivity contribution in [2.75, 3.05) is 6.61 Å². The minimum absolute atomic E-state index is 0.0163. The summed E-state index contributed by atoms with van der Waals surface area (Å²) in [6, 6.07) is 3.21. The number of amidine groups is 1. The van der Waals surface area contributed by atoms with E-state index in [0.29, 0.717) is 0 Å². The molecule has 1 aromatic rings. The number of halogens is 2. The summed E-state index contributed by atoms with van der Waals surface area (Å²) in [7, 11) is 0. The lowest BCUT2D eigenvalue weighted by atomic mass is 10.2. The second kappa shape index (κ2) is 5.29. The molecular weight excluding hydrogens is 218 g/mol. The first-order chi connectivity index (χ1) is 7.54. The molecule has 1 aromatic carbocycles. The Kier molecular flexibility index (Phi) is 4.04. The minimum atomic E-state index is -0.978. The quantitative estimate of drug-likeness (QED) is 0.358. The molecule has 3 N–H and O–H groups in total. The Hall–Kier alpha value is -1.85. The van der Waals surface area contributed by atoms with Crippen molar-refractivity contribution in [3.05, 3.63) is 29.8 Å². The van der Waals surface area contributed by atoms with E-state index in [0.717, 1.165) is 12.1 Å². The van der Waals surface area contributed by atoms with Crippen LogP contribution < -0.4 is 10.5 Å². The molecule has 0 bridgehead atoms. The van der Waals surface area contributed by atoms with Gasteiger partial charge in [-0.15, -0.1) is 0 Å². The second-order valence-electron chi connectivity index (χ2n) is 3.31. The molecule has 0 spiro atoms. The van der Waals surface area contributed by atoms with Crippen LogP contribution in [0.1, 0.15) is 6.92 Å². The van der Waals surface area contributed by atoms with Crippen LogP contribution in [0.25, 0.3) is 0 Å². The third-order valence-corrected chi connectivity index (χ3v) is 2.01. The highest BCUT2D eigenvalue weighted by atomic mass is 19.2. The van der Waals surface area contributed by atoms with Gasteiger partial charge in [-0.1, -0.05) is 12.1 Å². The molecule has 0 saturated heterocycles. The normalized spacial score (nSPS) is 13.6. The van der Waals surface area contributed by atoms with E-state index in [1.807, 2.05) is 0 Å². The lowest BCUT2D eigenvalue weighted by molar-refractivity contribution is 0.277. The molecule has 1 atom stereocenters. The van der Waals surface area contributed by atoms with Crippen molar-refractivity contribution in [3.63, 3.8) is 0 Å². The lowest BCUT2D eigenvalue weighted by Gasteiger charge is -2.11. The van der Waals surface area contributed by atoms with Gasteiger partial charge in [0, 0.05) is 6.07 Å². The van der Waals surface area contributed by atoms with E-state index in [-0.39, 0.29) is 24.1 Å². The number of rotatable bonds is 4. The van der Waals surface area contributed by atoms with Crippen molar-refractivity contribution >= 4 is 5.84 Å². The van der Waals surface area contributed by atoms with Gasteiger partial charge in [0.05, 0.1) is 12.5 Å². The van der Waals surface area contributed by atoms with Crippen molar-refractivity contribution in [1.29, 1.82) is 0 Å². The minimum Gasteiger partial charge on any atom is -0.493 e. The van der Waals surface area contributed by atoms with Crippen molar-refractivity contribution in [2.24, 2.45) is 16.8 Å². The molecule has 0 aliphatic carbocycles. The van der Waals surface area contributed by atoms with Crippen molar-refractivity contribution in [3.8, 4) is 5.75 Å². The van der Waals surface area contributed by atoms with Gasteiger partial charge in [-0.25, -0.2) is 8.78 Å². The molecule has 0 fully saturated rings. The molecule has 16 heavy (non-hydrogen) atoms. The molecule has 1 rings (SSSR count). The standard InChI is InChI=1S/C10H12F2N2O2/c1-6(10(13)14-15)5-16-7-2-3-8(11)9(12)4-7/h2-4,6,15H,5H2,1H3,(H2,13,14). The summed E-state index contributed by atoms with van der Waals surface area (Å²) in [5.74, 6) is -2.03. The van der Waals surface area contributed by atoms with Gasteiger partial charge in [-0.05, 0) is 12.1 Å². The average Bonchev–Trinajstić information content (AvgIpc) is 2.29. The van der Waals surface area contributed by atoms with Gasteiger partial charge >= 0.3 is 0 Å². The van der Waals surface area contributed by atoms with E-state index in [9.17, 15) is 8.78 Å². The zero-order valence-corrected chi connectivity index (χ0v) is 8.65. The summed E-state index contributed by atoms with van der Waals surface area (Å²) in [5.41, 5.74) is 5.32. The fraction of sp³-hybridized carbons (Fsp3) is 0.300. The summed E-state index contributed by atoms with van der Waals surface area (Å²) < 4.78 is 30.5. The van der Waals surface area contributed by atoms with E-state index in [2.05, 4.69) is 5.16 Å². The Morgan fingerprint density at radius 1 is 1.50 bits per heavy atom. The number of hydrogen-bond donors (Lipinski definition) is 2. The molecule has 1 unspecified atom stereocenters. The van der Waals surface area contributed by atoms with E-state index in [4.69, 9.17) is 15.7 Å². The number of nitrogens with zero attached hydrogens (tertiary/aromatic N) is 1. The molecule has 0 amide bonds. The first-order valence-corrected chi connectivity index (χ1v) is 4.60. The molecule has 0 radical (unpaired) electrons. The van der Waals surface area contributed by atoms with Crippen molar-refractivity contribution in [2.45, 2.75) is 6.92 Å². The van der Waals surface area contributed by atoms with Gasteiger partial charge < -0.3 is 15.7 Å². The zero-order chi connectivity index (χ0) is 12.1. The maximum Gasteiger partial charge on any atom is 0.162 e. The molecule has 4 nitrogen and oxygen atoms in total. The van der Waals surface area contributed by atoms with E-state index in [1.54, 1.807) is 6.92 Å². The topological polar surface area (TPSA) is 67.8 Å². The molecule has 6 heteroatoms. The fourth-order valence-electron chi connectivity index (χ4n) is 0.972. The van der Waals surface area contributed by atoms with Gasteiger partial charge in [0.2, 0.25) is 0 Å². The van der Waals surface area contributed by atoms with Gasteiger partial charge in [-0.3, -0.25) is 0 Å². The number of oxime groups is 1. The number of nitrogens with two attached hydrogens (primary N) is 1. The summed E-state index contributed by atoms with van der Waals surface area (Å²) in [5, 5.41) is 11.2. The molecule has 0 aromatic heterocycles. The van der Waals surface area contributed by atoms with E-state index < -0.39 is 11.6 Å². The molecular formula is C10H12F2N2O2. The average molecular weight is 230 g/mol. The Bertz CT molecular complexity index is 396. The maximum atomic E-state index is 12.8. The third kappa shape index (κ3) is 3.08. The summed E-state index contributed by atoms with van der Waals surface area (Å²) in [6.07, 6.45) is 0. The van der Waals surface area contributed by atoms with Gasteiger partial charge in [0.25, 0.3) is 0 Å². The summed E-state index contributed by atoms with van der Waals surface area (Å²) in [6.45, 7) is 1.79. The van der Waals surface area contributed by atoms with Crippen LogP contribution in [-0.4, -0.2) is 17.6 Å². The zero-order valence-electron chi connectivity index (χ0n) is 8.65. The van der Waals surface area contributed by atoms with Gasteiger partial charge in [0.1, 0.15) is 11.6 Å². The van der Waals surface area contributed by atoms with Crippen LogP contribution in [0.2, 0.25) is 0 Å². The predicted molar refractivity (Wildman–Crippen MR) is 54.4 cm³/mol. The summed E-state index contributed by atoms with van der Waals surface area (Å²) >= 11 is 0. The molecule has 0 aliphatic rings. The van der Waals surface area contributed by atoms with Crippen LogP contribution in [-0.2, 0) is 0 Å². The van der Waals surface area contributed by atoms with Crippen LogP contribution >= 0.6 is 0 Å². The fourth-order valence-corrected chi connectivity index (χ4v) is 0.972. The largest absolute Gasteiger partial charge is 0.493 e. The summed E-state index contributed by atoms with van der Waals surface area (Å²) in [4.78, 5) is 0. The SMILES string of the molecule is CC(COc1ccc(F)c(F)c1)/C(N)=N/O. The highest BCUT2D eigenvalue weighted by Gasteiger charge is 2.09. The molecule has 0 heterocycles. The monoisotopic (exact) mass is 230 g/mol. The molecule has 0 aliphatic heterocycles. The highest BCUT2D eigenvalue weighted by Crippen LogP contribution is 2.16. The van der Waals surface area contributed by atoms with E-state index >= 15 is 0 Å². The van der Waals surface area contributed by atoms with Crippen molar-refractivity contribution < 1.29 is 18.7 Å². The Labute approximate surface area is 91.3 Å². The third-order valence-electron chi connectivity index (χ3n) is 2.01. The predicted octanol–water partition coefficient (Wildman–Crippen LogP) is 1.73. The van der Waals surface area contributed by atoms with E-state index in [1.165, 1.54) is 6.07 Å². The second-order valence-corrected chi connectivity index (χ2v) is 3.31.